The number of amides is 2. The highest BCUT2D eigenvalue weighted by Crippen LogP contribution is 2.26. The lowest BCUT2D eigenvalue weighted by atomic mass is 9.92. The molecule has 2 fully saturated rings. The van der Waals surface area contributed by atoms with Gasteiger partial charge >= 0.3 is 0 Å². The molecule has 1 aromatic rings. The van der Waals surface area contributed by atoms with E-state index >= 15 is 0 Å². The Balaban J connectivity index is 0.00000380. The fraction of sp³-hybridized carbons (Fsp3) is 0.778. The van der Waals surface area contributed by atoms with Gasteiger partial charge < -0.3 is 29.9 Å². The van der Waals surface area contributed by atoms with E-state index in [0.717, 1.165) is 6.42 Å². The average Bonchev–Trinajstić information content (AvgIpc) is 2.89. The predicted molar refractivity (Wildman–Crippen MR) is 158 cm³/mol. The molecule has 0 radical (unpaired) electrons. The summed E-state index contributed by atoms with van der Waals surface area (Å²) in [7, 11) is 1.68. The first-order valence-electron chi connectivity index (χ1n) is 13.6. The number of anilines is 1. The normalized spacial score (nSPS) is 19.6. The van der Waals surface area contributed by atoms with Crippen LogP contribution in [0.1, 0.15) is 63.6 Å². The number of hydrogen-bond donors (Lipinski definition) is 2. The Morgan fingerprint density at radius 3 is 2.54 bits per heavy atom. The van der Waals surface area contributed by atoms with Crippen molar-refractivity contribution in [1.82, 2.24) is 25.1 Å². The fourth-order valence-electron chi connectivity index (χ4n) is 4.79. The lowest BCUT2D eigenvalue weighted by molar-refractivity contribution is -0.140. The van der Waals surface area contributed by atoms with Crippen LogP contribution < -0.4 is 10.6 Å². The Bertz CT molecular complexity index is 909. The van der Waals surface area contributed by atoms with Gasteiger partial charge in [-0.15, -0.1) is 24.8 Å². The van der Waals surface area contributed by atoms with E-state index in [1.807, 2.05) is 9.80 Å². The second kappa shape index (κ2) is 16.5. The van der Waals surface area contributed by atoms with Crippen LogP contribution in [0.25, 0.3) is 0 Å². The highest BCUT2D eigenvalue weighted by molar-refractivity contribution is 5.98. The Morgan fingerprint density at radius 2 is 1.92 bits per heavy atom. The number of nitrogens with one attached hydrogen (secondary N) is 2. The number of morpholine rings is 1. The zero-order valence-electron chi connectivity index (χ0n) is 24.3. The van der Waals surface area contributed by atoms with Crippen molar-refractivity contribution in [2.45, 2.75) is 58.9 Å². The quantitative estimate of drug-likeness (QED) is 0.400. The predicted octanol–water partition coefficient (Wildman–Crippen LogP) is 3.00. The third kappa shape index (κ3) is 10.0. The van der Waals surface area contributed by atoms with Crippen LogP contribution in [-0.2, 0) is 19.7 Å². The number of methoxy groups -OCH3 is 1. The number of aromatic nitrogens is 2. The molecule has 10 nitrogen and oxygen atoms in total. The molecule has 0 bridgehead atoms. The monoisotopic (exact) mass is 590 g/mol. The van der Waals surface area contributed by atoms with Crippen LogP contribution in [-0.4, -0.2) is 104 Å². The van der Waals surface area contributed by atoms with Crippen molar-refractivity contribution in [3.05, 3.63) is 17.6 Å². The minimum absolute atomic E-state index is 0. The minimum Gasteiger partial charge on any atom is -0.385 e. The topological polar surface area (TPSA) is 109 Å². The largest absolute Gasteiger partial charge is 0.385 e. The molecule has 3 heterocycles. The Kier molecular flexibility index (Phi) is 15.0. The van der Waals surface area contributed by atoms with Crippen LogP contribution in [0.5, 0.6) is 0 Å². The number of rotatable bonds is 10. The second-order valence-corrected chi connectivity index (χ2v) is 11.5. The van der Waals surface area contributed by atoms with Crippen molar-refractivity contribution in [3.8, 4) is 0 Å². The number of ether oxygens (including phenoxy) is 2. The van der Waals surface area contributed by atoms with E-state index in [1.165, 1.54) is 0 Å². The van der Waals surface area contributed by atoms with E-state index in [4.69, 9.17) is 14.5 Å². The first-order chi connectivity index (χ1) is 17.6. The van der Waals surface area contributed by atoms with Crippen LogP contribution in [0.3, 0.4) is 0 Å². The lowest BCUT2D eigenvalue weighted by Crippen LogP contribution is -2.56. The third-order valence-electron chi connectivity index (χ3n) is 6.77. The molecule has 2 saturated heterocycles. The summed E-state index contributed by atoms with van der Waals surface area (Å²) in [6, 6.07) is -0.0951. The smallest absolute Gasteiger partial charge is 0.259 e. The van der Waals surface area contributed by atoms with Gasteiger partial charge in [0.15, 0.2) is 0 Å². The van der Waals surface area contributed by atoms with Crippen molar-refractivity contribution in [1.29, 1.82) is 0 Å². The molecule has 2 atom stereocenters. The van der Waals surface area contributed by atoms with Gasteiger partial charge in [0.1, 0.15) is 17.2 Å². The van der Waals surface area contributed by atoms with Gasteiger partial charge in [-0.25, -0.2) is 9.97 Å². The summed E-state index contributed by atoms with van der Waals surface area (Å²) in [6.07, 6.45) is 3.10. The summed E-state index contributed by atoms with van der Waals surface area (Å²) in [5, 5.41) is 6.78. The minimum atomic E-state index is -0.247. The van der Waals surface area contributed by atoms with Crippen molar-refractivity contribution in [2.24, 2.45) is 11.8 Å². The molecule has 2 amide bonds. The van der Waals surface area contributed by atoms with E-state index in [0.29, 0.717) is 82.7 Å². The molecule has 0 saturated carbocycles. The number of halogens is 2. The van der Waals surface area contributed by atoms with Gasteiger partial charge in [-0.3, -0.25) is 9.59 Å². The van der Waals surface area contributed by atoms with Gasteiger partial charge in [0.2, 0.25) is 5.91 Å². The van der Waals surface area contributed by atoms with E-state index in [9.17, 15) is 9.59 Å². The maximum Gasteiger partial charge on any atom is 0.259 e. The summed E-state index contributed by atoms with van der Waals surface area (Å²) in [6.45, 7) is 16.0. The van der Waals surface area contributed by atoms with Gasteiger partial charge in [-0.1, -0.05) is 34.6 Å². The summed E-state index contributed by atoms with van der Waals surface area (Å²) in [5.74, 6) is 1.40. The summed E-state index contributed by atoms with van der Waals surface area (Å²) in [4.78, 5) is 40.5. The maximum atomic E-state index is 14.1. The average molecular weight is 592 g/mol. The molecule has 0 unspecified atom stereocenters. The van der Waals surface area contributed by atoms with Gasteiger partial charge in [0.25, 0.3) is 5.91 Å². The van der Waals surface area contributed by atoms with E-state index in [-0.39, 0.29) is 59.9 Å². The number of nitrogens with zero attached hydrogens (tertiary/aromatic N) is 4. The molecule has 0 aliphatic carbocycles. The van der Waals surface area contributed by atoms with Crippen molar-refractivity contribution in [2.75, 3.05) is 71.5 Å². The molecule has 2 aliphatic rings. The maximum absolute atomic E-state index is 14.1. The highest BCUT2D eigenvalue weighted by atomic mass is 35.5. The molecular weight excluding hydrogens is 543 g/mol. The van der Waals surface area contributed by atoms with Gasteiger partial charge in [0, 0.05) is 70.6 Å². The van der Waals surface area contributed by atoms with Crippen molar-refractivity contribution in [3.63, 3.8) is 0 Å². The summed E-state index contributed by atoms with van der Waals surface area (Å²) >= 11 is 0. The molecule has 2 N–H and O–H groups in total. The Labute approximate surface area is 246 Å². The standard InChI is InChI=1S/C27H46N6O4.2ClH/c1-19(2)18-33(21-14-20(15-28-16-21)24(34)32-9-12-37-13-10-32)25(35)22-17-30-26(27(3,4)5)31-23(22)29-8-7-11-36-6;;/h17,19-21,28H,7-16,18H2,1-6H3,(H,29,30,31);2*1H/t20-,21+;;/m1../s1. The van der Waals surface area contributed by atoms with Crippen LogP contribution in [0.2, 0.25) is 0 Å². The number of carbonyl (C=O) groups is 2. The molecule has 0 spiro atoms. The van der Waals surface area contributed by atoms with Crippen molar-refractivity contribution < 1.29 is 19.1 Å². The van der Waals surface area contributed by atoms with Crippen molar-refractivity contribution >= 4 is 42.4 Å². The number of carbonyl (C=O) groups excluding carboxylic acids is 2. The molecule has 0 aromatic carbocycles. The lowest BCUT2D eigenvalue weighted by Gasteiger charge is -2.40. The zero-order valence-corrected chi connectivity index (χ0v) is 26.0. The van der Waals surface area contributed by atoms with Crippen LogP contribution in [0.4, 0.5) is 5.82 Å². The Morgan fingerprint density at radius 1 is 1.23 bits per heavy atom. The summed E-state index contributed by atoms with van der Waals surface area (Å²) in [5.41, 5.74) is 0.218. The fourth-order valence-corrected chi connectivity index (χ4v) is 4.79. The van der Waals surface area contributed by atoms with Gasteiger partial charge in [0.05, 0.1) is 19.1 Å². The molecule has 39 heavy (non-hydrogen) atoms. The van der Waals surface area contributed by atoms with Crippen LogP contribution >= 0.6 is 24.8 Å². The molecule has 1 aromatic heterocycles. The molecular formula is C27H48Cl2N6O4. The second-order valence-electron chi connectivity index (χ2n) is 11.5. The molecule has 12 heteroatoms. The van der Waals surface area contributed by atoms with Crippen LogP contribution in [0, 0.1) is 11.8 Å². The number of piperidine rings is 1. The molecule has 2 aliphatic heterocycles. The van der Waals surface area contributed by atoms with E-state index < -0.39 is 0 Å². The first-order valence-corrected chi connectivity index (χ1v) is 13.6. The van der Waals surface area contributed by atoms with Gasteiger partial charge in [-0.2, -0.15) is 0 Å². The summed E-state index contributed by atoms with van der Waals surface area (Å²) < 4.78 is 10.6. The van der Waals surface area contributed by atoms with E-state index in [2.05, 4.69) is 50.2 Å². The van der Waals surface area contributed by atoms with E-state index in [1.54, 1.807) is 13.3 Å². The third-order valence-corrected chi connectivity index (χ3v) is 6.77. The SMILES string of the molecule is COCCCNc1nc(C(C)(C)C)ncc1C(=O)N(CC(C)C)[C@@H]1CNC[C@H](C(=O)N2CCOCC2)C1.Cl.Cl. The van der Waals surface area contributed by atoms with Crippen LogP contribution in [0.15, 0.2) is 6.20 Å². The number of hydrogen-bond acceptors (Lipinski definition) is 8. The zero-order chi connectivity index (χ0) is 27.0. The van der Waals surface area contributed by atoms with Gasteiger partial charge in [-0.05, 0) is 18.8 Å². The molecule has 3 rings (SSSR count). The highest BCUT2D eigenvalue weighted by Gasteiger charge is 2.36. The Hall–Kier alpha value is -1.72. The first kappa shape index (κ1) is 35.3. The molecule has 224 valence electrons.